The monoisotopic (exact) mass is 259 g/mol. The molecule has 1 heterocycles. The minimum atomic E-state index is -0.203. The van der Waals surface area contributed by atoms with Gasteiger partial charge in [0.25, 0.3) is 0 Å². The van der Waals surface area contributed by atoms with Gasteiger partial charge >= 0.3 is 5.97 Å². The molecule has 0 atom stereocenters. The summed E-state index contributed by atoms with van der Waals surface area (Å²) in [5, 5.41) is 4.84. The molecule has 0 saturated heterocycles. The zero-order valence-corrected chi connectivity index (χ0v) is 10.8. The Morgan fingerprint density at radius 1 is 1.26 bits per heavy atom. The van der Waals surface area contributed by atoms with Crippen LogP contribution in [0.1, 0.15) is 37.8 Å². The van der Waals surface area contributed by atoms with Crippen molar-refractivity contribution >= 4 is 16.9 Å². The first-order chi connectivity index (χ1) is 9.33. The molecule has 4 nitrogen and oxygen atoms in total. The second kappa shape index (κ2) is 5.43. The Hall–Kier alpha value is -1.84. The molecule has 1 aromatic carbocycles. The lowest BCUT2D eigenvalue weighted by molar-refractivity contribution is -0.149. The maximum absolute atomic E-state index is 11.9. The van der Waals surface area contributed by atoms with Crippen molar-refractivity contribution in [3.8, 4) is 0 Å². The molecule has 4 heteroatoms. The first-order valence-electron chi connectivity index (χ1n) is 6.86. The normalized spacial score (nSPS) is 16.6. The molecular formula is C15H17NO3. The summed E-state index contributed by atoms with van der Waals surface area (Å²) in [5.41, 5.74) is 1.37. The summed E-state index contributed by atoms with van der Waals surface area (Å²) in [5.74, 6) is -0.203. The molecule has 1 fully saturated rings. The zero-order chi connectivity index (χ0) is 13.1. The van der Waals surface area contributed by atoms with Crippen molar-refractivity contribution < 1.29 is 14.1 Å². The largest absolute Gasteiger partial charge is 0.462 e. The number of aromatic nitrogens is 1. The van der Waals surface area contributed by atoms with Gasteiger partial charge in [0, 0.05) is 5.39 Å². The highest BCUT2D eigenvalue weighted by molar-refractivity contribution is 5.84. The summed E-state index contributed by atoms with van der Waals surface area (Å²) in [6.45, 7) is 0. The van der Waals surface area contributed by atoms with E-state index in [0.717, 1.165) is 31.1 Å². The molecule has 0 amide bonds. The number of fused-ring (bicyclic) bond motifs is 1. The highest BCUT2D eigenvalue weighted by atomic mass is 16.5. The maximum Gasteiger partial charge on any atom is 0.312 e. The van der Waals surface area contributed by atoms with Gasteiger partial charge in [-0.1, -0.05) is 23.7 Å². The summed E-state index contributed by atoms with van der Waals surface area (Å²) in [6, 6.07) is 7.56. The van der Waals surface area contributed by atoms with E-state index in [1.165, 1.54) is 6.42 Å². The highest BCUT2D eigenvalue weighted by Gasteiger charge is 2.19. The third-order valence-electron chi connectivity index (χ3n) is 3.61. The third-order valence-corrected chi connectivity index (χ3v) is 3.61. The van der Waals surface area contributed by atoms with Gasteiger partial charge in [-0.15, -0.1) is 0 Å². The van der Waals surface area contributed by atoms with Gasteiger partial charge in [0.1, 0.15) is 11.8 Å². The van der Waals surface area contributed by atoms with Gasteiger partial charge in [0.2, 0.25) is 0 Å². The van der Waals surface area contributed by atoms with Crippen LogP contribution in [0.25, 0.3) is 11.0 Å². The highest BCUT2D eigenvalue weighted by Crippen LogP contribution is 2.22. The Labute approximate surface area is 111 Å². The summed E-state index contributed by atoms with van der Waals surface area (Å²) < 4.78 is 10.7. The van der Waals surface area contributed by atoms with E-state index in [-0.39, 0.29) is 18.5 Å². The molecule has 3 rings (SSSR count). The van der Waals surface area contributed by atoms with Crippen molar-refractivity contribution in [2.45, 2.75) is 44.6 Å². The number of benzene rings is 1. The van der Waals surface area contributed by atoms with Gasteiger partial charge < -0.3 is 9.26 Å². The number of hydrogen-bond donors (Lipinski definition) is 0. The number of carbonyl (C=O) groups is 1. The van der Waals surface area contributed by atoms with Gasteiger partial charge in [-0.2, -0.15) is 0 Å². The molecule has 100 valence electrons. The van der Waals surface area contributed by atoms with E-state index >= 15 is 0 Å². The van der Waals surface area contributed by atoms with Gasteiger partial charge in [0.05, 0.1) is 6.42 Å². The van der Waals surface area contributed by atoms with Gasteiger partial charge in [0.15, 0.2) is 5.58 Å². The number of ether oxygens (including phenoxy) is 1. The second-order valence-electron chi connectivity index (χ2n) is 5.05. The van der Waals surface area contributed by atoms with E-state index in [0.29, 0.717) is 11.3 Å². The Bertz CT molecular complexity index is 570. The minimum absolute atomic E-state index is 0.0967. The summed E-state index contributed by atoms with van der Waals surface area (Å²) in [4.78, 5) is 11.9. The van der Waals surface area contributed by atoms with Crippen LogP contribution in [0.5, 0.6) is 0 Å². The minimum Gasteiger partial charge on any atom is -0.462 e. The molecule has 1 aliphatic rings. The van der Waals surface area contributed by atoms with Crippen LogP contribution >= 0.6 is 0 Å². The van der Waals surface area contributed by atoms with E-state index in [9.17, 15) is 4.79 Å². The van der Waals surface area contributed by atoms with Gasteiger partial charge in [-0.05, 0) is 37.8 Å². The number of carbonyl (C=O) groups excluding carboxylic acids is 1. The van der Waals surface area contributed by atoms with E-state index in [2.05, 4.69) is 5.16 Å². The molecule has 2 aromatic rings. The van der Waals surface area contributed by atoms with Crippen molar-refractivity contribution in [2.24, 2.45) is 0 Å². The van der Waals surface area contributed by atoms with Crippen molar-refractivity contribution in [1.29, 1.82) is 0 Å². The Kier molecular flexibility index (Phi) is 3.49. The lowest BCUT2D eigenvalue weighted by Crippen LogP contribution is -2.22. The molecule has 1 aliphatic carbocycles. The summed E-state index contributed by atoms with van der Waals surface area (Å²) in [6.07, 6.45) is 5.83. The van der Waals surface area contributed by atoms with Crippen LogP contribution in [0, 0.1) is 0 Å². The number of para-hydroxylation sites is 1. The van der Waals surface area contributed by atoms with Crippen LogP contribution in [0.15, 0.2) is 28.8 Å². The molecule has 0 unspecified atom stereocenters. The average molecular weight is 259 g/mol. The Balaban J connectivity index is 1.65. The molecule has 19 heavy (non-hydrogen) atoms. The van der Waals surface area contributed by atoms with Crippen LogP contribution in [0.2, 0.25) is 0 Å². The van der Waals surface area contributed by atoms with Crippen LogP contribution in [0.3, 0.4) is 0 Å². The molecule has 0 radical (unpaired) electrons. The van der Waals surface area contributed by atoms with Gasteiger partial charge in [-0.3, -0.25) is 4.79 Å². The van der Waals surface area contributed by atoms with E-state index < -0.39 is 0 Å². The summed E-state index contributed by atoms with van der Waals surface area (Å²) >= 11 is 0. The standard InChI is InChI=1S/C15H17NO3/c17-15(18-11-6-2-1-3-7-11)10-13-12-8-4-5-9-14(12)19-16-13/h4-5,8-9,11H,1-3,6-7,10H2. The number of rotatable bonds is 3. The Morgan fingerprint density at radius 3 is 2.89 bits per heavy atom. The maximum atomic E-state index is 11.9. The van der Waals surface area contributed by atoms with Gasteiger partial charge in [-0.25, -0.2) is 0 Å². The second-order valence-corrected chi connectivity index (χ2v) is 5.05. The van der Waals surface area contributed by atoms with Crippen LogP contribution < -0.4 is 0 Å². The predicted octanol–water partition coefficient (Wildman–Crippen LogP) is 3.25. The molecular weight excluding hydrogens is 242 g/mol. The molecule has 0 aliphatic heterocycles. The van der Waals surface area contributed by atoms with Crippen molar-refractivity contribution in [2.75, 3.05) is 0 Å². The fraction of sp³-hybridized carbons (Fsp3) is 0.467. The van der Waals surface area contributed by atoms with Crippen molar-refractivity contribution in [3.05, 3.63) is 30.0 Å². The number of esters is 1. The van der Waals surface area contributed by atoms with Crippen LogP contribution in [-0.2, 0) is 16.0 Å². The quantitative estimate of drug-likeness (QED) is 0.794. The third kappa shape index (κ3) is 2.78. The lowest BCUT2D eigenvalue weighted by atomic mass is 9.98. The topological polar surface area (TPSA) is 52.3 Å². The summed E-state index contributed by atoms with van der Waals surface area (Å²) in [7, 11) is 0. The van der Waals surface area contributed by atoms with Crippen molar-refractivity contribution in [1.82, 2.24) is 5.16 Å². The zero-order valence-electron chi connectivity index (χ0n) is 10.8. The van der Waals surface area contributed by atoms with E-state index in [1.54, 1.807) is 0 Å². The number of hydrogen-bond acceptors (Lipinski definition) is 4. The Morgan fingerprint density at radius 2 is 2.05 bits per heavy atom. The fourth-order valence-electron chi connectivity index (χ4n) is 2.61. The molecule has 1 aromatic heterocycles. The van der Waals surface area contributed by atoms with Crippen LogP contribution in [0.4, 0.5) is 0 Å². The molecule has 0 spiro atoms. The number of nitrogens with zero attached hydrogens (tertiary/aromatic N) is 1. The van der Waals surface area contributed by atoms with E-state index in [1.807, 2.05) is 24.3 Å². The fourth-order valence-corrected chi connectivity index (χ4v) is 2.61. The molecule has 1 saturated carbocycles. The van der Waals surface area contributed by atoms with Crippen LogP contribution in [-0.4, -0.2) is 17.2 Å². The SMILES string of the molecule is O=C(Cc1noc2ccccc12)OC1CCCCC1. The predicted molar refractivity (Wildman–Crippen MR) is 70.7 cm³/mol. The van der Waals surface area contributed by atoms with Crippen molar-refractivity contribution in [3.63, 3.8) is 0 Å². The lowest BCUT2D eigenvalue weighted by Gasteiger charge is -2.21. The molecule has 0 bridgehead atoms. The van der Waals surface area contributed by atoms with E-state index in [4.69, 9.17) is 9.26 Å². The average Bonchev–Trinajstić information content (AvgIpc) is 2.83. The smallest absolute Gasteiger partial charge is 0.312 e. The first-order valence-corrected chi connectivity index (χ1v) is 6.86. The first kappa shape index (κ1) is 12.2. The molecule has 0 N–H and O–H groups in total.